The van der Waals surface area contributed by atoms with E-state index in [4.69, 9.17) is 11.6 Å². The lowest BCUT2D eigenvalue weighted by molar-refractivity contribution is 0.446. The Morgan fingerprint density at radius 1 is 1.33 bits per heavy atom. The van der Waals surface area contributed by atoms with E-state index in [2.05, 4.69) is 22.5 Å². The van der Waals surface area contributed by atoms with Crippen LogP contribution in [0.25, 0.3) is 11.0 Å². The van der Waals surface area contributed by atoms with Gasteiger partial charge in [0, 0.05) is 6.04 Å². The highest BCUT2D eigenvalue weighted by molar-refractivity contribution is 7.91. The van der Waals surface area contributed by atoms with Crippen LogP contribution in [-0.4, -0.2) is 29.5 Å². The molecule has 1 saturated heterocycles. The lowest BCUT2D eigenvalue weighted by Gasteiger charge is -2.26. The Balaban J connectivity index is 2.14. The molecule has 1 fully saturated rings. The van der Waals surface area contributed by atoms with Crippen molar-refractivity contribution in [3.8, 4) is 0 Å². The van der Waals surface area contributed by atoms with Gasteiger partial charge in [0.05, 0.1) is 27.9 Å². The van der Waals surface area contributed by atoms with E-state index in [1.165, 1.54) is 0 Å². The first-order valence-corrected chi connectivity index (χ1v) is 9.47. The molecule has 0 saturated carbocycles. The van der Waals surface area contributed by atoms with E-state index in [-0.39, 0.29) is 22.9 Å². The summed E-state index contributed by atoms with van der Waals surface area (Å²) >= 11 is 6.31. The number of benzene rings is 1. The number of fused-ring (bicyclic) bond motifs is 1. The summed E-state index contributed by atoms with van der Waals surface area (Å²) in [5.41, 5.74) is 3.17. The molecule has 2 aromatic rings. The van der Waals surface area contributed by atoms with Gasteiger partial charge in [-0.25, -0.2) is 13.4 Å². The monoisotopic (exact) mass is 326 g/mol. The molecule has 0 aliphatic carbocycles. The number of rotatable bonds is 2. The summed E-state index contributed by atoms with van der Waals surface area (Å²) in [6.07, 6.45) is 1.28. The SMILES string of the molecule is Cc1cccc2nc(C(C)Cl)n(C3CCS(=O)(=O)CC3)c12. The zero-order chi connectivity index (χ0) is 15.2. The highest BCUT2D eigenvalue weighted by Gasteiger charge is 2.29. The second-order valence-electron chi connectivity index (χ2n) is 5.78. The molecular weight excluding hydrogens is 308 g/mol. The summed E-state index contributed by atoms with van der Waals surface area (Å²) in [5, 5.41) is -0.199. The van der Waals surface area contributed by atoms with Crippen LogP contribution in [-0.2, 0) is 9.84 Å². The smallest absolute Gasteiger partial charge is 0.150 e. The van der Waals surface area contributed by atoms with Crippen LogP contribution in [0.1, 0.15) is 42.6 Å². The number of hydrogen-bond acceptors (Lipinski definition) is 3. The van der Waals surface area contributed by atoms with Crippen molar-refractivity contribution in [2.75, 3.05) is 11.5 Å². The van der Waals surface area contributed by atoms with E-state index in [1.807, 2.05) is 19.1 Å². The van der Waals surface area contributed by atoms with Crippen LogP contribution in [0.5, 0.6) is 0 Å². The predicted octanol–water partition coefficient (Wildman–Crippen LogP) is 3.39. The van der Waals surface area contributed by atoms with Crippen LogP contribution in [0.3, 0.4) is 0 Å². The molecule has 4 nitrogen and oxygen atoms in total. The van der Waals surface area contributed by atoms with Crippen LogP contribution >= 0.6 is 11.6 Å². The Bertz CT molecular complexity index is 766. The molecule has 114 valence electrons. The molecule has 0 bridgehead atoms. The number of para-hydroxylation sites is 1. The van der Waals surface area contributed by atoms with Gasteiger partial charge in [0.25, 0.3) is 0 Å². The quantitative estimate of drug-likeness (QED) is 0.795. The third kappa shape index (κ3) is 2.69. The molecule has 1 aliphatic heterocycles. The van der Waals surface area contributed by atoms with Crippen LogP contribution in [0.15, 0.2) is 18.2 Å². The molecule has 0 radical (unpaired) electrons. The number of nitrogens with zero attached hydrogens (tertiary/aromatic N) is 2. The first-order chi connectivity index (χ1) is 9.89. The van der Waals surface area contributed by atoms with Gasteiger partial charge in [0.1, 0.15) is 15.7 Å². The maximum absolute atomic E-state index is 11.7. The number of hydrogen-bond donors (Lipinski definition) is 0. The lowest BCUT2D eigenvalue weighted by atomic mass is 10.1. The third-order valence-corrected chi connectivity index (χ3v) is 6.09. The van der Waals surface area contributed by atoms with Crippen LogP contribution in [0.4, 0.5) is 0 Å². The molecule has 6 heteroatoms. The maximum Gasteiger partial charge on any atom is 0.150 e. The van der Waals surface area contributed by atoms with E-state index in [9.17, 15) is 8.42 Å². The summed E-state index contributed by atoms with van der Waals surface area (Å²) in [5.74, 6) is 1.34. The highest BCUT2D eigenvalue weighted by atomic mass is 35.5. The average Bonchev–Trinajstić information content (AvgIpc) is 2.80. The summed E-state index contributed by atoms with van der Waals surface area (Å²) in [4.78, 5) is 4.67. The molecule has 21 heavy (non-hydrogen) atoms. The highest BCUT2D eigenvalue weighted by Crippen LogP contribution is 2.34. The van der Waals surface area contributed by atoms with Crippen molar-refractivity contribution >= 4 is 32.5 Å². The summed E-state index contributed by atoms with van der Waals surface area (Å²) in [6.45, 7) is 3.97. The second-order valence-corrected chi connectivity index (χ2v) is 8.74. The van der Waals surface area contributed by atoms with Gasteiger partial charge in [0.2, 0.25) is 0 Å². The number of aromatic nitrogens is 2. The van der Waals surface area contributed by atoms with Crippen LogP contribution in [0, 0.1) is 6.92 Å². The first-order valence-electron chi connectivity index (χ1n) is 7.21. The van der Waals surface area contributed by atoms with Gasteiger partial charge in [-0.1, -0.05) is 12.1 Å². The Morgan fingerprint density at radius 2 is 2.00 bits per heavy atom. The Hall–Kier alpha value is -1.07. The predicted molar refractivity (Wildman–Crippen MR) is 85.7 cm³/mol. The second kappa shape index (κ2) is 5.29. The molecule has 0 N–H and O–H groups in total. The van der Waals surface area contributed by atoms with Crippen molar-refractivity contribution in [2.45, 2.75) is 38.1 Å². The van der Waals surface area contributed by atoms with Gasteiger partial charge in [0.15, 0.2) is 0 Å². The van der Waals surface area contributed by atoms with Crippen molar-refractivity contribution in [1.29, 1.82) is 0 Å². The molecule has 1 unspecified atom stereocenters. The van der Waals surface area contributed by atoms with Crippen molar-refractivity contribution in [2.24, 2.45) is 0 Å². The fourth-order valence-electron chi connectivity index (χ4n) is 3.12. The molecule has 2 heterocycles. The van der Waals surface area contributed by atoms with E-state index < -0.39 is 9.84 Å². The zero-order valence-electron chi connectivity index (χ0n) is 12.2. The molecule has 3 rings (SSSR count). The average molecular weight is 327 g/mol. The lowest BCUT2D eigenvalue weighted by Crippen LogP contribution is -2.26. The van der Waals surface area contributed by atoms with Crippen molar-refractivity contribution < 1.29 is 8.42 Å². The van der Waals surface area contributed by atoms with E-state index in [1.54, 1.807) is 0 Å². The molecule has 1 atom stereocenters. The Kier molecular flexibility index (Phi) is 3.74. The topological polar surface area (TPSA) is 52.0 Å². The minimum Gasteiger partial charge on any atom is -0.323 e. The van der Waals surface area contributed by atoms with E-state index in [0.717, 1.165) is 22.4 Å². The number of halogens is 1. The summed E-state index contributed by atoms with van der Waals surface area (Å²) in [6, 6.07) is 6.20. The fraction of sp³-hybridized carbons (Fsp3) is 0.533. The number of sulfone groups is 1. The first kappa shape index (κ1) is 14.9. The molecule has 1 aromatic heterocycles. The van der Waals surface area contributed by atoms with Gasteiger partial charge in [-0.15, -0.1) is 11.6 Å². The van der Waals surface area contributed by atoms with Gasteiger partial charge in [-0.05, 0) is 38.3 Å². The molecule has 1 aromatic carbocycles. The molecule has 0 spiro atoms. The standard InChI is InChI=1S/C15H19ClN2O2S/c1-10-4-3-5-13-14(10)18(15(17-13)11(2)16)12-6-8-21(19,20)9-7-12/h3-5,11-12H,6-9H2,1-2H3. The maximum atomic E-state index is 11.7. The molecular formula is C15H19ClN2O2S. The van der Waals surface area contributed by atoms with Gasteiger partial charge >= 0.3 is 0 Å². The van der Waals surface area contributed by atoms with Crippen molar-refractivity contribution in [3.05, 3.63) is 29.6 Å². The van der Waals surface area contributed by atoms with Crippen molar-refractivity contribution in [3.63, 3.8) is 0 Å². The number of alkyl halides is 1. The largest absolute Gasteiger partial charge is 0.323 e. The Labute approximate surface area is 130 Å². The van der Waals surface area contributed by atoms with Crippen molar-refractivity contribution in [1.82, 2.24) is 9.55 Å². The van der Waals surface area contributed by atoms with E-state index in [0.29, 0.717) is 12.8 Å². The number of imidazole rings is 1. The normalized spacial score (nSPS) is 20.7. The number of aryl methyl sites for hydroxylation is 1. The zero-order valence-corrected chi connectivity index (χ0v) is 13.8. The molecule has 0 amide bonds. The van der Waals surface area contributed by atoms with Crippen LogP contribution < -0.4 is 0 Å². The van der Waals surface area contributed by atoms with Crippen LogP contribution in [0.2, 0.25) is 0 Å². The summed E-state index contributed by atoms with van der Waals surface area (Å²) in [7, 11) is -2.87. The van der Waals surface area contributed by atoms with Gasteiger partial charge in [-0.2, -0.15) is 0 Å². The van der Waals surface area contributed by atoms with Gasteiger partial charge < -0.3 is 4.57 Å². The van der Waals surface area contributed by atoms with Gasteiger partial charge in [-0.3, -0.25) is 0 Å². The fourth-order valence-corrected chi connectivity index (χ4v) is 4.75. The summed E-state index contributed by atoms with van der Waals surface area (Å²) < 4.78 is 25.5. The van der Waals surface area contributed by atoms with E-state index >= 15 is 0 Å². The Morgan fingerprint density at radius 3 is 2.62 bits per heavy atom. The molecule has 1 aliphatic rings. The third-order valence-electron chi connectivity index (χ3n) is 4.18. The minimum atomic E-state index is -2.87. The minimum absolute atomic E-state index is 0.163.